The predicted molar refractivity (Wildman–Crippen MR) is 48.8 cm³/mol. The molecule has 1 amide bonds. The van der Waals surface area contributed by atoms with Gasteiger partial charge in [-0.3, -0.25) is 4.79 Å². The molecule has 0 unspecified atom stereocenters. The van der Waals surface area contributed by atoms with E-state index in [0.717, 1.165) is 0 Å². The van der Waals surface area contributed by atoms with Gasteiger partial charge in [-0.05, 0) is 12.1 Å². The molecular formula is C9H12N2O2. The van der Waals surface area contributed by atoms with E-state index in [1.54, 1.807) is 33.3 Å². The van der Waals surface area contributed by atoms with E-state index >= 15 is 0 Å². The van der Waals surface area contributed by atoms with Crippen LogP contribution in [0.25, 0.3) is 0 Å². The average Bonchev–Trinajstić information content (AvgIpc) is 2.17. The molecule has 0 aliphatic rings. The first kappa shape index (κ1) is 9.51. The third-order valence-electron chi connectivity index (χ3n) is 1.60. The number of hydrogen-bond acceptors (Lipinski definition) is 3. The van der Waals surface area contributed by atoms with Crippen LogP contribution < -0.4 is 4.74 Å². The van der Waals surface area contributed by atoms with Crippen LogP contribution in [0, 0.1) is 0 Å². The Balaban J connectivity index is 2.86. The van der Waals surface area contributed by atoms with E-state index in [2.05, 4.69) is 4.98 Å². The van der Waals surface area contributed by atoms with Crippen LogP contribution in [-0.4, -0.2) is 37.0 Å². The van der Waals surface area contributed by atoms with Crippen LogP contribution in [0.4, 0.5) is 0 Å². The maximum atomic E-state index is 11.4. The Bertz CT molecular complexity index is 293. The van der Waals surface area contributed by atoms with Gasteiger partial charge in [-0.25, -0.2) is 4.98 Å². The van der Waals surface area contributed by atoms with Crippen LogP contribution in [0.15, 0.2) is 18.3 Å². The summed E-state index contributed by atoms with van der Waals surface area (Å²) in [4.78, 5) is 16.8. The number of hydrogen-bond donors (Lipinski definition) is 0. The lowest BCUT2D eigenvalue weighted by molar-refractivity contribution is 0.0822. The summed E-state index contributed by atoms with van der Waals surface area (Å²) >= 11 is 0. The molecule has 0 aliphatic heterocycles. The summed E-state index contributed by atoms with van der Waals surface area (Å²) in [5, 5.41) is 0. The third kappa shape index (κ3) is 2.18. The Morgan fingerprint density at radius 2 is 2.15 bits per heavy atom. The fraction of sp³-hybridized carbons (Fsp3) is 0.333. The number of pyridine rings is 1. The van der Waals surface area contributed by atoms with Crippen LogP contribution in [0.2, 0.25) is 0 Å². The molecule has 1 heterocycles. The van der Waals surface area contributed by atoms with Crippen LogP contribution in [0.5, 0.6) is 5.75 Å². The maximum absolute atomic E-state index is 11.4. The third-order valence-corrected chi connectivity index (χ3v) is 1.60. The van der Waals surface area contributed by atoms with Gasteiger partial charge in [0.25, 0.3) is 5.91 Å². The van der Waals surface area contributed by atoms with E-state index in [4.69, 9.17) is 4.74 Å². The zero-order chi connectivity index (χ0) is 9.84. The Labute approximate surface area is 77.1 Å². The normalized spacial score (nSPS) is 9.46. The van der Waals surface area contributed by atoms with E-state index in [1.807, 2.05) is 0 Å². The number of carbonyl (C=O) groups is 1. The first-order valence-electron chi connectivity index (χ1n) is 3.87. The molecule has 0 aliphatic carbocycles. The van der Waals surface area contributed by atoms with Gasteiger partial charge in [0.1, 0.15) is 11.4 Å². The minimum absolute atomic E-state index is 0.109. The number of aromatic nitrogens is 1. The Hall–Kier alpha value is -1.58. The molecule has 4 nitrogen and oxygen atoms in total. The average molecular weight is 180 g/mol. The minimum atomic E-state index is -0.109. The quantitative estimate of drug-likeness (QED) is 0.675. The summed E-state index contributed by atoms with van der Waals surface area (Å²) < 4.78 is 4.92. The van der Waals surface area contributed by atoms with Crippen LogP contribution in [0.3, 0.4) is 0 Å². The molecule has 0 fully saturated rings. The second kappa shape index (κ2) is 3.89. The van der Waals surface area contributed by atoms with Crippen molar-refractivity contribution in [3.05, 3.63) is 24.0 Å². The largest absolute Gasteiger partial charge is 0.495 e. The zero-order valence-electron chi connectivity index (χ0n) is 7.94. The fourth-order valence-electron chi connectivity index (χ4n) is 0.857. The summed E-state index contributed by atoms with van der Waals surface area (Å²) in [6, 6.07) is 3.35. The Kier molecular flexibility index (Phi) is 2.84. The highest BCUT2D eigenvalue weighted by molar-refractivity contribution is 5.91. The van der Waals surface area contributed by atoms with Gasteiger partial charge >= 0.3 is 0 Å². The van der Waals surface area contributed by atoms with E-state index in [0.29, 0.717) is 11.4 Å². The SMILES string of the molecule is COc1ccc(C(=O)N(C)C)nc1. The van der Waals surface area contributed by atoms with Gasteiger partial charge in [0.15, 0.2) is 0 Å². The second-order valence-electron chi connectivity index (χ2n) is 2.78. The standard InChI is InChI=1S/C9H12N2O2/c1-11(2)9(12)8-5-4-7(13-3)6-10-8/h4-6H,1-3H3. The fourth-order valence-corrected chi connectivity index (χ4v) is 0.857. The highest BCUT2D eigenvalue weighted by Crippen LogP contribution is 2.08. The first-order valence-corrected chi connectivity index (χ1v) is 3.87. The van der Waals surface area contributed by atoms with Gasteiger partial charge in [-0.2, -0.15) is 0 Å². The molecule has 70 valence electrons. The van der Waals surface area contributed by atoms with Crippen molar-refractivity contribution in [3.8, 4) is 5.75 Å². The summed E-state index contributed by atoms with van der Waals surface area (Å²) in [5.74, 6) is 0.540. The molecule has 1 aromatic rings. The smallest absolute Gasteiger partial charge is 0.271 e. The van der Waals surface area contributed by atoms with E-state index in [1.165, 1.54) is 11.1 Å². The van der Waals surface area contributed by atoms with Crippen molar-refractivity contribution in [2.45, 2.75) is 0 Å². The lowest BCUT2D eigenvalue weighted by atomic mass is 10.3. The van der Waals surface area contributed by atoms with Gasteiger partial charge in [0, 0.05) is 14.1 Å². The van der Waals surface area contributed by atoms with Crippen molar-refractivity contribution in [2.75, 3.05) is 21.2 Å². The van der Waals surface area contributed by atoms with E-state index < -0.39 is 0 Å². The lowest BCUT2D eigenvalue weighted by Crippen LogP contribution is -2.22. The van der Waals surface area contributed by atoms with Crippen molar-refractivity contribution < 1.29 is 9.53 Å². The number of ether oxygens (including phenoxy) is 1. The molecule has 1 aromatic heterocycles. The van der Waals surface area contributed by atoms with Crippen molar-refractivity contribution in [1.29, 1.82) is 0 Å². The molecule has 0 aromatic carbocycles. The van der Waals surface area contributed by atoms with Crippen molar-refractivity contribution >= 4 is 5.91 Å². The summed E-state index contributed by atoms with van der Waals surface area (Å²) in [6.07, 6.45) is 1.52. The molecule has 4 heteroatoms. The molecule has 13 heavy (non-hydrogen) atoms. The zero-order valence-corrected chi connectivity index (χ0v) is 7.94. The summed E-state index contributed by atoms with van der Waals surface area (Å²) in [6.45, 7) is 0. The summed E-state index contributed by atoms with van der Waals surface area (Å²) in [5.41, 5.74) is 0.422. The highest BCUT2D eigenvalue weighted by atomic mass is 16.5. The molecule has 0 atom stereocenters. The molecule has 0 spiro atoms. The molecule has 0 N–H and O–H groups in total. The van der Waals surface area contributed by atoms with Gasteiger partial charge in [-0.1, -0.05) is 0 Å². The Morgan fingerprint density at radius 3 is 2.54 bits per heavy atom. The molecule has 0 bridgehead atoms. The van der Waals surface area contributed by atoms with Crippen LogP contribution in [0.1, 0.15) is 10.5 Å². The molecule has 0 saturated carbocycles. The van der Waals surface area contributed by atoms with Gasteiger partial charge < -0.3 is 9.64 Å². The second-order valence-corrected chi connectivity index (χ2v) is 2.78. The number of nitrogens with zero attached hydrogens (tertiary/aromatic N) is 2. The van der Waals surface area contributed by atoms with Crippen molar-refractivity contribution in [3.63, 3.8) is 0 Å². The van der Waals surface area contributed by atoms with Crippen LogP contribution >= 0.6 is 0 Å². The number of carbonyl (C=O) groups excluding carboxylic acids is 1. The maximum Gasteiger partial charge on any atom is 0.271 e. The lowest BCUT2D eigenvalue weighted by Gasteiger charge is -2.09. The number of amides is 1. The Morgan fingerprint density at radius 1 is 1.46 bits per heavy atom. The van der Waals surface area contributed by atoms with Gasteiger partial charge in [0.05, 0.1) is 13.3 Å². The topological polar surface area (TPSA) is 42.4 Å². The molecular weight excluding hydrogens is 168 g/mol. The van der Waals surface area contributed by atoms with Gasteiger partial charge in [-0.15, -0.1) is 0 Å². The van der Waals surface area contributed by atoms with Crippen molar-refractivity contribution in [1.82, 2.24) is 9.88 Å². The molecule has 0 radical (unpaired) electrons. The highest BCUT2D eigenvalue weighted by Gasteiger charge is 2.08. The molecule has 1 rings (SSSR count). The number of rotatable bonds is 2. The van der Waals surface area contributed by atoms with E-state index in [9.17, 15) is 4.79 Å². The van der Waals surface area contributed by atoms with Crippen molar-refractivity contribution in [2.24, 2.45) is 0 Å². The van der Waals surface area contributed by atoms with Gasteiger partial charge in [0.2, 0.25) is 0 Å². The number of methoxy groups -OCH3 is 1. The first-order chi connectivity index (χ1) is 6.15. The predicted octanol–water partition coefficient (Wildman–Crippen LogP) is 0.792. The molecule has 0 saturated heterocycles. The van der Waals surface area contributed by atoms with Crippen LogP contribution in [-0.2, 0) is 0 Å². The monoisotopic (exact) mass is 180 g/mol. The summed E-state index contributed by atoms with van der Waals surface area (Å²) in [7, 11) is 4.94. The van der Waals surface area contributed by atoms with E-state index in [-0.39, 0.29) is 5.91 Å². The minimum Gasteiger partial charge on any atom is -0.495 e.